The van der Waals surface area contributed by atoms with Gasteiger partial charge in [-0.3, -0.25) is 14.5 Å². The summed E-state index contributed by atoms with van der Waals surface area (Å²) >= 11 is 3.44. The van der Waals surface area contributed by atoms with E-state index >= 15 is 0 Å². The maximum absolute atomic E-state index is 12.9. The number of nitrogens with one attached hydrogen (secondary N) is 3. The molecule has 1 aromatic carbocycles. The van der Waals surface area contributed by atoms with Gasteiger partial charge in [-0.05, 0) is 66.2 Å². The van der Waals surface area contributed by atoms with Crippen LogP contribution in [0, 0.1) is 0 Å². The molecule has 11 nitrogen and oxygen atoms in total. The van der Waals surface area contributed by atoms with Gasteiger partial charge in [0.05, 0.1) is 11.1 Å². The van der Waals surface area contributed by atoms with Gasteiger partial charge < -0.3 is 30.5 Å². The molecule has 1 aliphatic heterocycles. The van der Waals surface area contributed by atoms with E-state index in [-0.39, 0.29) is 30.7 Å². The summed E-state index contributed by atoms with van der Waals surface area (Å²) < 4.78 is 1.94. The van der Waals surface area contributed by atoms with Crippen molar-refractivity contribution in [2.75, 3.05) is 54.9 Å². The van der Waals surface area contributed by atoms with E-state index in [4.69, 9.17) is 5.11 Å². The van der Waals surface area contributed by atoms with Crippen molar-refractivity contribution >= 4 is 50.7 Å². The van der Waals surface area contributed by atoms with Crippen LogP contribution >= 0.6 is 15.9 Å². The van der Waals surface area contributed by atoms with E-state index in [1.165, 1.54) is 4.57 Å². The third kappa shape index (κ3) is 7.30. The van der Waals surface area contributed by atoms with E-state index in [1.54, 1.807) is 24.5 Å². The topological polar surface area (TPSA) is 128 Å². The Labute approximate surface area is 230 Å². The van der Waals surface area contributed by atoms with E-state index in [2.05, 4.69) is 63.8 Å². The summed E-state index contributed by atoms with van der Waals surface area (Å²) in [4.78, 5) is 38.5. The van der Waals surface area contributed by atoms with Crippen LogP contribution in [0.2, 0.25) is 0 Å². The predicted octanol–water partition coefficient (Wildman–Crippen LogP) is 2.53. The van der Waals surface area contributed by atoms with Crippen molar-refractivity contribution in [3.63, 3.8) is 0 Å². The van der Waals surface area contributed by atoms with Gasteiger partial charge in [-0.25, -0.2) is 4.98 Å². The molecule has 38 heavy (non-hydrogen) atoms. The fourth-order valence-electron chi connectivity index (χ4n) is 4.18. The van der Waals surface area contributed by atoms with Gasteiger partial charge >= 0.3 is 0 Å². The molecule has 1 aliphatic rings. The molecule has 0 unspecified atom stereocenters. The largest absolute Gasteiger partial charge is 0.395 e. The Kier molecular flexibility index (Phi) is 9.32. The fraction of sp³-hybridized carbons (Fsp3) is 0.385. The van der Waals surface area contributed by atoms with Crippen LogP contribution in [-0.2, 0) is 11.3 Å². The smallest absolute Gasteiger partial charge is 0.274 e. The first-order chi connectivity index (χ1) is 18.3. The molecule has 3 aromatic rings. The van der Waals surface area contributed by atoms with Crippen LogP contribution in [0.25, 0.3) is 0 Å². The van der Waals surface area contributed by atoms with Gasteiger partial charge in [0.2, 0.25) is 11.9 Å². The second-order valence-electron chi connectivity index (χ2n) is 9.32. The van der Waals surface area contributed by atoms with Crippen molar-refractivity contribution in [3.8, 4) is 0 Å². The Morgan fingerprint density at radius 1 is 1.11 bits per heavy atom. The average Bonchev–Trinajstić information content (AvgIpc) is 2.89. The second kappa shape index (κ2) is 12.9. The summed E-state index contributed by atoms with van der Waals surface area (Å²) in [6, 6.07) is 11.4. The van der Waals surface area contributed by atoms with Crippen LogP contribution in [0.4, 0.5) is 28.8 Å². The first-order valence-corrected chi connectivity index (χ1v) is 13.4. The number of carbonyl (C=O) groups is 1. The van der Waals surface area contributed by atoms with Gasteiger partial charge in [-0.2, -0.15) is 4.98 Å². The Balaban J connectivity index is 1.42. The molecule has 12 heteroatoms. The molecule has 1 fully saturated rings. The number of amides is 1. The van der Waals surface area contributed by atoms with E-state index in [0.717, 1.165) is 44.1 Å². The molecule has 1 amide bonds. The minimum Gasteiger partial charge on any atom is -0.395 e. The number of aliphatic hydroxyl groups is 1. The lowest BCUT2D eigenvalue weighted by Crippen LogP contribution is -2.47. The van der Waals surface area contributed by atoms with Crippen LogP contribution in [0.1, 0.15) is 13.8 Å². The standard InChI is InChI=1S/C26H33BrN8O3/c1-18(2)29-23(37)17-35-9-3-4-22(25(35)38)31-24-21(27)16-28-26(32-24)30-19-5-7-20(8-6-19)34-12-10-33(11-13-34)14-15-36/h3-9,16,18,36H,10-15,17H2,1-2H3,(H,29,37)(H2,28,30,31,32). The zero-order valence-electron chi connectivity index (χ0n) is 21.5. The number of aliphatic hydroxyl groups excluding tert-OH is 1. The second-order valence-corrected chi connectivity index (χ2v) is 10.2. The number of piperazine rings is 1. The molecule has 3 heterocycles. The fourth-order valence-corrected chi connectivity index (χ4v) is 4.47. The molecule has 0 atom stereocenters. The number of hydrogen-bond donors (Lipinski definition) is 4. The average molecular weight is 586 g/mol. The lowest BCUT2D eigenvalue weighted by atomic mass is 10.2. The molecule has 2 aromatic heterocycles. The number of nitrogens with zero attached hydrogens (tertiary/aromatic N) is 5. The summed E-state index contributed by atoms with van der Waals surface area (Å²) in [5.74, 6) is 0.555. The maximum Gasteiger partial charge on any atom is 0.274 e. The Bertz CT molecular complexity index is 1290. The molecular weight excluding hydrogens is 552 g/mol. The van der Waals surface area contributed by atoms with Crippen LogP contribution in [0.15, 0.2) is 58.1 Å². The van der Waals surface area contributed by atoms with Crippen molar-refractivity contribution in [3.05, 3.63) is 63.6 Å². The molecule has 1 saturated heterocycles. The van der Waals surface area contributed by atoms with Gasteiger partial charge in [0.15, 0.2) is 5.82 Å². The molecule has 0 bridgehead atoms. The number of aromatic nitrogens is 3. The highest BCUT2D eigenvalue weighted by Crippen LogP contribution is 2.25. The predicted molar refractivity (Wildman–Crippen MR) is 152 cm³/mol. The summed E-state index contributed by atoms with van der Waals surface area (Å²) in [5, 5.41) is 18.2. The maximum atomic E-state index is 12.9. The van der Waals surface area contributed by atoms with Crippen LogP contribution < -0.4 is 26.4 Å². The lowest BCUT2D eigenvalue weighted by Gasteiger charge is -2.35. The molecule has 0 saturated carbocycles. The summed E-state index contributed by atoms with van der Waals surface area (Å²) in [5.41, 5.74) is 1.93. The molecule has 202 valence electrons. The molecule has 4 rings (SSSR count). The number of carbonyl (C=O) groups excluding carboxylic acids is 1. The zero-order valence-corrected chi connectivity index (χ0v) is 23.1. The first-order valence-electron chi connectivity index (χ1n) is 12.6. The van der Waals surface area contributed by atoms with Crippen molar-refractivity contribution in [2.45, 2.75) is 26.4 Å². The first kappa shape index (κ1) is 27.6. The number of β-amino-alcohol motifs (C(OH)–C–C–N with tert-alkyl or cyclic N) is 1. The van der Waals surface area contributed by atoms with Gasteiger partial charge in [0.25, 0.3) is 5.56 Å². The van der Waals surface area contributed by atoms with Crippen LogP contribution in [0.5, 0.6) is 0 Å². The third-order valence-electron chi connectivity index (χ3n) is 6.06. The highest BCUT2D eigenvalue weighted by Gasteiger charge is 2.17. The van der Waals surface area contributed by atoms with Gasteiger partial charge in [0, 0.05) is 62.5 Å². The van der Waals surface area contributed by atoms with Gasteiger partial charge in [0.1, 0.15) is 12.2 Å². The Hall–Kier alpha value is -3.48. The number of halogens is 1. The molecule has 0 radical (unpaired) electrons. The number of rotatable bonds is 10. The SMILES string of the molecule is CC(C)NC(=O)Cn1cccc(Nc2nc(Nc3ccc(N4CCN(CCO)CC4)cc3)ncc2Br)c1=O. The molecule has 0 aliphatic carbocycles. The van der Waals surface area contributed by atoms with E-state index < -0.39 is 0 Å². The van der Waals surface area contributed by atoms with E-state index in [0.29, 0.717) is 21.9 Å². The van der Waals surface area contributed by atoms with Crippen LogP contribution in [-0.4, -0.2) is 75.8 Å². The van der Waals surface area contributed by atoms with Crippen molar-refractivity contribution < 1.29 is 9.90 Å². The minimum absolute atomic E-state index is 0.00767. The number of benzene rings is 1. The van der Waals surface area contributed by atoms with E-state index in [1.807, 2.05) is 26.0 Å². The molecule has 4 N–H and O–H groups in total. The number of hydrogen-bond acceptors (Lipinski definition) is 9. The summed E-state index contributed by atoms with van der Waals surface area (Å²) in [6.07, 6.45) is 3.18. The number of anilines is 5. The van der Waals surface area contributed by atoms with Crippen molar-refractivity contribution in [1.29, 1.82) is 0 Å². The monoisotopic (exact) mass is 584 g/mol. The Morgan fingerprint density at radius 3 is 2.53 bits per heavy atom. The highest BCUT2D eigenvalue weighted by molar-refractivity contribution is 9.10. The van der Waals surface area contributed by atoms with Gasteiger partial charge in [-0.15, -0.1) is 0 Å². The van der Waals surface area contributed by atoms with Gasteiger partial charge in [-0.1, -0.05) is 0 Å². The Morgan fingerprint density at radius 2 is 1.84 bits per heavy atom. The summed E-state index contributed by atoms with van der Waals surface area (Å²) in [7, 11) is 0. The third-order valence-corrected chi connectivity index (χ3v) is 6.64. The highest BCUT2D eigenvalue weighted by atomic mass is 79.9. The molecular formula is C26H33BrN8O3. The summed E-state index contributed by atoms with van der Waals surface area (Å²) in [6.45, 7) is 8.27. The molecule has 0 spiro atoms. The van der Waals surface area contributed by atoms with Crippen molar-refractivity contribution in [1.82, 2.24) is 24.8 Å². The van der Waals surface area contributed by atoms with Crippen molar-refractivity contribution in [2.24, 2.45) is 0 Å². The minimum atomic E-state index is -0.334. The quantitative estimate of drug-likeness (QED) is 0.284. The number of pyridine rings is 1. The van der Waals surface area contributed by atoms with Crippen LogP contribution in [0.3, 0.4) is 0 Å². The van der Waals surface area contributed by atoms with E-state index in [9.17, 15) is 9.59 Å². The zero-order chi connectivity index (χ0) is 27.1. The lowest BCUT2D eigenvalue weighted by molar-refractivity contribution is -0.122. The normalized spacial score (nSPS) is 14.0.